The smallest absolute Gasteiger partial charge is 0.243 e. The lowest BCUT2D eigenvalue weighted by Crippen LogP contribution is -2.40. The van der Waals surface area contributed by atoms with Gasteiger partial charge in [-0.2, -0.15) is 0 Å². The van der Waals surface area contributed by atoms with Crippen molar-refractivity contribution in [1.29, 1.82) is 0 Å². The Bertz CT molecular complexity index is 679. The molecular weight excluding hydrogens is 326 g/mol. The lowest BCUT2D eigenvalue weighted by Gasteiger charge is -2.31. The summed E-state index contributed by atoms with van der Waals surface area (Å²) >= 11 is 0. The topological polar surface area (TPSA) is 66.5 Å². The first-order chi connectivity index (χ1) is 10.8. The Morgan fingerprint density at radius 3 is 2.83 bits per heavy atom. The van der Waals surface area contributed by atoms with Gasteiger partial charge >= 0.3 is 0 Å². The second kappa shape index (κ2) is 7.35. The van der Waals surface area contributed by atoms with Crippen LogP contribution in [0.1, 0.15) is 26.2 Å². The minimum absolute atomic E-state index is 0.0110. The van der Waals surface area contributed by atoms with Gasteiger partial charge < -0.3 is 4.90 Å². The van der Waals surface area contributed by atoms with E-state index in [1.807, 2.05) is 0 Å². The van der Waals surface area contributed by atoms with Crippen molar-refractivity contribution in [2.24, 2.45) is 5.92 Å². The maximum Gasteiger partial charge on any atom is 0.243 e. The summed E-state index contributed by atoms with van der Waals surface area (Å²) in [7, 11) is -4.19. The van der Waals surface area contributed by atoms with E-state index in [4.69, 9.17) is 0 Å². The molecule has 5 nitrogen and oxygen atoms in total. The lowest BCUT2D eigenvalue weighted by atomic mass is 10.0. The van der Waals surface area contributed by atoms with Gasteiger partial charge in [-0.05, 0) is 30.9 Å². The van der Waals surface area contributed by atoms with E-state index < -0.39 is 26.6 Å². The van der Waals surface area contributed by atoms with E-state index >= 15 is 0 Å². The highest BCUT2D eigenvalue weighted by Gasteiger charge is 2.23. The molecule has 128 valence electrons. The largest absolute Gasteiger partial charge is 0.342 e. The van der Waals surface area contributed by atoms with Gasteiger partial charge in [0.15, 0.2) is 11.6 Å². The summed E-state index contributed by atoms with van der Waals surface area (Å²) in [5.74, 6) is -2.35. The van der Waals surface area contributed by atoms with E-state index in [0.717, 1.165) is 31.0 Å². The van der Waals surface area contributed by atoms with E-state index in [-0.39, 0.29) is 18.9 Å². The highest BCUT2D eigenvalue weighted by Crippen LogP contribution is 2.18. The molecule has 0 unspecified atom stereocenters. The Labute approximate surface area is 134 Å². The molecule has 1 aromatic rings. The summed E-state index contributed by atoms with van der Waals surface area (Å²) in [5, 5.41) is 0. The molecular formula is C15H20F2N2O3S. The summed E-state index contributed by atoms with van der Waals surface area (Å²) in [6, 6.07) is 2.94. The number of carbonyl (C=O) groups is 1. The highest BCUT2D eigenvalue weighted by molar-refractivity contribution is 7.89. The monoisotopic (exact) mass is 346 g/mol. The van der Waals surface area contributed by atoms with Crippen LogP contribution < -0.4 is 4.72 Å². The third kappa shape index (κ3) is 4.48. The van der Waals surface area contributed by atoms with Crippen LogP contribution in [0.25, 0.3) is 0 Å². The number of nitrogens with one attached hydrogen (secondary N) is 1. The number of amides is 1. The first kappa shape index (κ1) is 17.8. The number of benzene rings is 1. The maximum absolute atomic E-state index is 13.5. The molecule has 1 aliphatic heterocycles. The first-order valence-electron chi connectivity index (χ1n) is 7.52. The zero-order valence-electron chi connectivity index (χ0n) is 12.9. The molecule has 2 rings (SSSR count). The number of sulfonamides is 1. The third-order valence-electron chi connectivity index (χ3n) is 3.85. The number of piperidine rings is 1. The molecule has 0 bridgehead atoms. The predicted octanol–water partition coefficient (Wildman–Crippen LogP) is 1.89. The first-order valence-corrected chi connectivity index (χ1v) is 9.01. The van der Waals surface area contributed by atoms with Crippen molar-refractivity contribution in [3.63, 3.8) is 0 Å². The molecule has 0 aromatic heterocycles. The average molecular weight is 346 g/mol. The third-order valence-corrected chi connectivity index (χ3v) is 5.32. The van der Waals surface area contributed by atoms with E-state index in [1.165, 1.54) is 0 Å². The van der Waals surface area contributed by atoms with Crippen LogP contribution in [0, 0.1) is 17.6 Å². The fourth-order valence-corrected chi connectivity index (χ4v) is 3.75. The molecule has 0 radical (unpaired) electrons. The van der Waals surface area contributed by atoms with E-state index in [1.54, 1.807) is 4.90 Å². The Balaban J connectivity index is 1.92. The zero-order chi connectivity index (χ0) is 17.0. The number of rotatable bonds is 5. The lowest BCUT2D eigenvalue weighted by molar-refractivity contribution is -0.132. The van der Waals surface area contributed by atoms with Crippen LogP contribution in [-0.2, 0) is 14.8 Å². The molecule has 1 fully saturated rings. The summed E-state index contributed by atoms with van der Waals surface area (Å²) in [4.78, 5) is 13.0. The maximum atomic E-state index is 13.5. The fraction of sp³-hybridized carbons (Fsp3) is 0.533. The van der Waals surface area contributed by atoms with Gasteiger partial charge in [0.2, 0.25) is 15.9 Å². The van der Waals surface area contributed by atoms with Crippen LogP contribution >= 0.6 is 0 Å². The summed E-state index contributed by atoms with van der Waals surface area (Å²) in [6.45, 7) is 3.26. The molecule has 0 saturated carbocycles. The number of hydrogen-bond donors (Lipinski definition) is 1. The van der Waals surface area contributed by atoms with Crippen molar-refractivity contribution in [2.75, 3.05) is 19.6 Å². The molecule has 0 aliphatic carbocycles. The SMILES string of the molecule is C[C@H]1CCCN(C(=O)CCNS(=O)(=O)c2cccc(F)c2F)C1. The van der Waals surface area contributed by atoms with E-state index in [2.05, 4.69) is 11.6 Å². The van der Waals surface area contributed by atoms with Gasteiger partial charge in [0, 0.05) is 26.1 Å². The molecule has 23 heavy (non-hydrogen) atoms. The molecule has 1 heterocycles. The summed E-state index contributed by atoms with van der Waals surface area (Å²) in [5.41, 5.74) is 0. The van der Waals surface area contributed by atoms with Crippen molar-refractivity contribution >= 4 is 15.9 Å². The number of hydrogen-bond acceptors (Lipinski definition) is 3. The Morgan fingerprint density at radius 2 is 2.13 bits per heavy atom. The van der Waals surface area contributed by atoms with Gasteiger partial charge in [-0.1, -0.05) is 13.0 Å². The number of carbonyl (C=O) groups excluding carboxylic acids is 1. The standard InChI is InChI=1S/C15H20F2N2O3S/c1-11-4-3-9-19(10-11)14(20)7-8-18-23(21,22)13-6-2-5-12(16)15(13)17/h2,5-6,11,18H,3-4,7-10H2,1H3/t11-/m0/s1. The highest BCUT2D eigenvalue weighted by atomic mass is 32.2. The van der Waals surface area contributed by atoms with E-state index in [0.29, 0.717) is 19.0 Å². The number of halogens is 2. The number of likely N-dealkylation sites (tertiary alicyclic amines) is 1. The van der Waals surface area contributed by atoms with Crippen LogP contribution in [0.5, 0.6) is 0 Å². The normalized spacial score (nSPS) is 18.9. The van der Waals surface area contributed by atoms with Crippen LogP contribution in [0.15, 0.2) is 23.1 Å². The predicted molar refractivity (Wildman–Crippen MR) is 81.1 cm³/mol. The molecule has 1 atom stereocenters. The molecule has 1 aliphatic rings. The Hall–Kier alpha value is -1.54. The van der Waals surface area contributed by atoms with Gasteiger partial charge in [0.25, 0.3) is 0 Å². The van der Waals surface area contributed by atoms with Crippen LogP contribution in [0.4, 0.5) is 8.78 Å². The Morgan fingerprint density at radius 1 is 1.39 bits per heavy atom. The summed E-state index contributed by atoms with van der Waals surface area (Å²) < 4.78 is 52.7. The van der Waals surface area contributed by atoms with Crippen molar-refractivity contribution in [3.8, 4) is 0 Å². The second-order valence-corrected chi connectivity index (χ2v) is 7.52. The van der Waals surface area contributed by atoms with Gasteiger partial charge in [0.1, 0.15) is 4.90 Å². The van der Waals surface area contributed by atoms with Gasteiger partial charge in [-0.25, -0.2) is 21.9 Å². The molecule has 0 spiro atoms. The van der Waals surface area contributed by atoms with Crippen LogP contribution in [0.3, 0.4) is 0 Å². The molecule has 1 amide bonds. The second-order valence-electron chi connectivity index (χ2n) is 5.79. The summed E-state index contributed by atoms with van der Waals surface area (Å²) in [6.07, 6.45) is 2.01. The average Bonchev–Trinajstić information content (AvgIpc) is 2.49. The van der Waals surface area contributed by atoms with Crippen LogP contribution in [-0.4, -0.2) is 38.9 Å². The van der Waals surface area contributed by atoms with Gasteiger partial charge in [0.05, 0.1) is 0 Å². The minimum Gasteiger partial charge on any atom is -0.342 e. The minimum atomic E-state index is -4.19. The molecule has 1 N–H and O–H groups in total. The van der Waals surface area contributed by atoms with Crippen molar-refractivity contribution in [3.05, 3.63) is 29.8 Å². The molecule has 8 heteroatoms. The van der Waals surface area contributed by atoms with Crippen molar-refractivity contribution in [1.82, 2.24) is 9.62 Å². The van der Waals surface area contributed by atoms with Crippen molar-refractivity contribution < 1.29 is 22.0 Å². The van der Waals surface area contributed by atoms with E-state index in [9.17, 15) is 22.0 Å². The van der Waals surface area contributed by atoms with Crippen LogP contribution in [0.2, 0.25) is 0 Å². The zero-order valence-corrected chi connectivity index (χ0v) is 13.7. The fourth-order valence-electron chi connectivity index (χ4n) is 2.64. The van der Waals surface area contributed by atoms with Gasteiger partial charge in [-0.15, -0.1) is 0 Å². The Kier molecular flexibility index (Phi) is 5.69. The van der Waals surface area contributed by atoms with Crippen molar-refractivity contribution in [2.45, 2.75) is 31.1 Å². The quantitative estimate of drug-likeness (QED) is 0.885. The molecule has 1 saturated heterocycles. The number of nitrogens with zero attached hydrogens (tertiary/aromatic N) is 1. The van der Waals surface area contributed by atoms with Gasteiger partial charge in [-0.3, -0.25) is 4.79 Å². The molecule has 1 aromatic carbocycles.